The Balaban J connectivity index is 2.59. The first-order valence-corrected chi connectivity index (χ1v) is 7.97. The van der Waals surface area contributed by atoms with E-state index < -0.39 is 0 Å². The lowest BCUT2D eigenvalue weighted by molar-refractivity contribution is 0.0796. The summed E-state index contributed by atoms with van der Waals surface area (Å²) in [5.74, 6) is -0.145. The lowest BCUT2D eigenvalue weighted by Gasteiger charge is -2.18. The van der Waals surface area contributed by atoms with Crippen molar-refractivity contribution in [1.82, 2.24) is 9.88 Å². The lowest BCUT2D eigenvalue weighted by Crippen LogP contribution is -2.31. The Labute approximate surface area is 138 Å². The second-order valence-electron chi connectivity index (χ2n) is 4.95. The minimum Gasteiger partial charge on any atom is -0.397 e. The molecule has 4 nitrogen and oxygen atoms in total. The summed E-state index contributed by atoms with van der Waals surface area (Å²) >= 11 is 7.54. The number of nitrogens with zero attached hydrogens (tertiary/aromatic N) is 2. The normalized spacial score (nSPS) is 10.7. The van der Waals surface area contributed by atoms with Gasteiger partial charge in [0.1, 0.15) is 9.71 Å². The highest BCUT2D eigenvalue weighted by Gasteiger charge is 2.23. The first-order valence-electron chi connectivity index (χ1n) is 6.78. The molecule has 2 aromatic rings. The van der Waals surface area contributed by atoms with E-state index in [9.17, 15) is 4.79 Å². The molecule has 22 heavy (non-hydrogen) atoms. The van der Waals surface area contributed by atoms with Crippen molar-refractivity contribution in [2.75, 3.05) is 18.8 Å². The molecule has 0 aromatic carbocycles. The summed E-state index contributed by atoms with van der Waals surface area (Å²) in [6.07, 6.45) is 3.35. The van der Waals surface area contributed by atoms with Crippen molar-refractivity contribution in [3.63, 3.8) is 0 Å². The number of aromatic nitrogens is 1. The van der Waals surface area contributed by atoms with Gasteiger partial charge in [-0.15, -0.1) is 24.5 Å². The van der Waals surface area contributed by atoms with E-state index in [1.807, 2.05) is 13.8 Å². The van der Waals surface area contributed by atoms with Crippen molar-refractivity contribution in [2.24, 2.45) is 0 Å². The van der Waals surface area contributed by atoms with Gasteiger partial charge in [0, 0.05) is 18.5 Å². The van der Waals surface area contributed by atoms with E-state index in [1.54, 1.807) is 17.1 Å². The Morgan fingerprint density at radius 3 is 2.50 bits per heavy atom. The first kappa shape index (κ1) is 16.5. The zero-order chi connectivity index (χ0) is 16.4. The van der Waals surface area contributed by atoms with Crippen LogP contribution >= 0.6 is 22.9 Å². The van der Waals surface area contributed by atoms with E-state index in [-0.39, 0.29) is 5.91 Å². The summed E-state index contributed by atoms with van der Waals surface area (Å²) in [5.41, 5.74) is 8.24. The second-order valence-corrected chi connectivity index (χ2v) is 6.33. The highest BCUT2D eigenvalue weighted by molar-refractivity contribution is 7.21. The van der Waals surface area contributed by atoms with E-state index in [1.165, 1.54) is 11.3 Å². The number of aryl methyl sites for hydroxylation is 2. The van der Waals surface area contributed by atoms with E-state index in [4.69, 9.17) is 17.3 Å². The van der Waals surface area contributed by atoms with Gasteiger partial charge < -0.3 is 10.6 Å². The molecule has 0 aliphatic heterocycles. The number of amides is 1. The van der Waals surface area contributed by atoms with Crippen LogP contribution in [0, 0.1) is 13.8 Å². The molecule has 0 aliphatic carbocycles. The van der Waals surface area contributed by atoms with Gasteiger partial charge >= 0.3 is 0 Å². The number of anilines is 1. The molecule has 0 aliphatic rings. The maximum atomic E-state index is 12.7. The minimum absolute atomic E-state index is 0.145. The Bertz CT molecular complexity index is 757. The molecular weight excluding hydrogens is 318 g/mol. The van der Waals surface area contributed by atoms with Crippen LogP contribution in [0.4, 0.5) is 5.69 Å². The summed E-state index contributed by atoms with van der Waals surface area (Å²) in [7, 11) is 0. The number of halogens is 1. The lowest BCUT2D eigenvalue weighted by atomic mass is 10.1. The molecule has 2 heterocycles. The van der Waals surface area contributed by atoms with Crippen LogP contribution < -0.4 is 5.73 Å². The highest BCUT2D eigenvalue weighted by atomic mass is 35.5. The third-order valence-electron chi connectivity index (χ3n) is 3.40. The predicted molar refractivity (Wildman–Crippen MR) is 94.8 cm³/mol. The number of pyridine rings is 1. The number of nitrogen functional groups attached to an aromatic ring is 1. The number of thiophene rings is 1. The molecule has 116 valence electrons. The fourth-order valence-corrected chi connectivity index (χ4v) is 3.62. The number of carbonyl (C=O) groups is 1. The van der Waals surface area contributed by atoms with Gasteiger partial charge in [-0.25, -0.2) is 4.98 Å². The topological polar surface area (TPSA) is 59.2 Å². The van der Waals surface area contributed by atoms with E-state index >= 15 is 0 Å². The molecule has 0 bridgehead atoms. The van der Waals surface area contributed by atoms with Crippen LogP contribution in [-0.4, -0.2) is 28.9 Å². The van der Waals surface area contributed by atoms with E-state index in [0.29, 0.717) is 28.7 Å². The third-order valence-corrected chi connectivity index (χ3v) is 5.04. The van der Waals surface area contributed by atoms with Crippen LogP contribution in [-0.2, 0) is 0 Å². The molecule has 0 fully saturated rings. The van der Waals surface area contributed by atoms with Crippen molar-refractivity contribution in [2.45, 2.75) is 13.8 Å². The molecular formula is C16H18ClN3OS. The van der Waals surface area contributed by atoms with E-state index in [2.05, 4.69) is 18.1 Å². The van der Waals surface area contributed by atoms with Crippen molar-refractivity contribution in [3.8, 4) is 0 Å². The zero-order valence-corrected chi connectivity index (χ0v) is 14.2. The van der Waals surface area contributed by atoms with E-state index in [0.717, 1.165) is 21.5 Å². The van der Waals surface area contributed by atoms with Crippen molar-refractivity contribution in [3.05, 3.63) is 46.5 Å². The van der Waals surface area contributed by atoms with Crippen LogP contribution in [0.15, 0.2) is 25.3 Å². The average Bonchev–Trinajstić information content (AvgIpc) is 2.80. The number of fused-ring (bicyclic) bond motifs is 1. The maximum Gasteiger partial charge on any atom is 0.266 e. The molecule has 0 radical (unpaired) electrons. The zero-order valence-electron chi connectivity index (χ0n) is 12.6. The van der Waals surface area contributed by atoms with Crippen LogP contribution in [0.1, 0.15) is 20.9 Å². The maximum absolute atomic E-state index is 12.7. The molecule has 2 N–H and O–H groups in total. The van der Waals surface area contributed by atoms with Crippen LogP contribution in [0.5, 0.6) is 0 Å². The van der Waals surface area contributed by atoms with Crippen molar-refractivity contribution >= 4 is 44.7 Å². The van der Waals surface area contributed by atoms with Gasteiger partial charge in [0.05, 0.1) is 16.4 Å². The average molecular weight is 336 g/mol. The molecule has 0 unspecified atom stereocenters. The molecule has 1 amide bonds. The molecule has 2 aromatic heterocycles. The largest absolute Gasteiger partial charge is 0.397 e. The van der Waals surface area contributed by atoms with Gasteiger partial charge in [-0.1, -0.05) is 23.8 Å². The predicted octanol–water partition coefficient (Wildman–Crippen LogP) is 3.96. The third kappa shape index (κ3) is 2.74. The summed E-state index contributed by atoms with van der Waals surface area (Å²) in [4.78, 5) is 20.0. The Morgan fingerprint density at radius 2 is 1.95 bits per heavy atom. The standard InChI is InChI=1S/C16H18ClN3OS/c1-5-7-20(8-6-2)16(21)14-13(18)11-9(3)12(17)10(4)19-15(11)22-14/h5-6H,1-2,7-8,18H2,3-4H3. The van der Waals surface area contributed by atoms with Crippen molar-refractivity contribution in [1.29, 1.82) is 0 Å². The number of carbonyl (C=O) groups excluding carboxylic acids is 1. The number of hydrogen-bond donors (Lipinski definition) is 1. The summed E-state index contributed by atoms with van der Waals surface area (Å²) in [5, 5.41) is 1.35. The van der Waals surface area contributed by atoms with Gasteiger partial charge in [0.15, 0.2) is 0 Å². The van der Waals surface area contributed by atoms with Gasteiger partial charge in [-0.05, 0) is 19.4 Å². The van der Waals surface area contributed by atoms with Gasteiger partial charge in [0.2, 0.25) is 0 Å². The van der Waals surface area contributed by atoms with Crippen LogP contribution in [0.25, 0.3) is 10.2 Å². The summed E-state index contributed by atoms with van der Waals surface area (Å²) in [6, 6.07) is 0. The minimum atomic E-state index is -0.145. The Kier molecular flexibility index (Phi) is 4.88. The smallest absolute Gasteiger partial charge is 0.266 e. The molecule has 0 saturated heterocycles. The number of nitrogens with two attached hydrogens (primary N) is 1. The Morgan fingerprint density at radius 1 is 1.36 bits per heavy atom. The second kappa shape index (κ2) is 6.50. The molecule has 0 saturated carbocycles. The molecule has 0 atom stereocenters. The van der Waals surface area contributed by atoms with Gasteiger partial charge in [-0.3, -0.25) is 4.79 Å². The fourth-order valence-electron chi connectivity index (χ4n) is 2.31. The van der Waals surface area contributed by atoms with Crippen LogP contribution in [0.2, 0.25) is 5.02 Å². The fraction of sp³-hybridized carbons (Fsp3) is 0.250. The monoisotopic (exact) mass is 335 g/mol. The van der Waals surface area contributed by atoms with Gasteiger partial charge in [-0.2, -0.15) is 0 Å². The molecule has 6 heteroatoms. The molecule has 2 rings (SSSR count). The number of rotatable bonds is 5. The molecule has 0 spiro atoms. The van der Waals surface area contributed by atoms with Gasteiger partial charge in [0.25, 0.3) is 5.91 Å². The summed E-state index contributed by atoms with van der Waals surface area (Å²) < 4.78 is 0. The van der Waals surface area contributed by atoms with Crippen molar-refractivity contribution < 1.29 is 4.79 Å². The van der Waals surface area contributed by atoms with Crippen LogP contribution in [0.3, 0.4) is 0 Å². The Hall–Kier alpha value is -1.85. The quantitative estimate of drug-likeness (QED) is 0.841. The number of hydrogen-bond acceptors (Lipinski definition) is 4. The highest BCUT2D eigenvalue weighted by Crippen LogP contribution is 2.38. The SMILES string of the molecule is C=CCN(CC=C)C(=O)c1sc2nc(C)c(Cl)c(C)c2c1N. The summed E-state index contributed by atoms with van der Waals surface area (Å²) in [6.45, 7) is 12.0. The first-order chi connectivity index (χ1) is 10.4.